The molecule has 0 atom stereocenters. The number of hydrogen-bond donors (Lipinski definition) is 1. The number of halogens is 1. The summed E-state index contributed by atoms with van der Waals surface area (Å²) >= 11 is 0. The van der Waals surface area contributed by atoms with Crippen LogP contribution in [0.3, 0.4) is 0 Å². The fourth-order valence-electron chi connectivity index (χ4n) is 2.25. The quantitative estimate of drug-likeness (QED) is 0.796. The maximum atomic E-state index is 14.5. The van der Waals surface area contributed by atoms with Crippen molar-refractivity contribution in [1.29, 1.82) is 0 Å². The number of nitrogens with zero attached hydrogens (tertiary/aromatic N) is 1. The zero-order valence-corrected chi connectivity index (χ0v) is 11.9. The molecule has 1 aliphatic rings. The van der Waals surface area contributed by atoms with Crippen molar-refractivity contribution in [2.45, 2.75) is 6.54 Å². The number of nitrogens with one attached hydrogen (secondary N) is 1. The molecule has 0 radical (unpaired) electrons. The monoisotopic (exact) mass is 284 g/mol. The summed E-state index contributed by atoms with van der Waals surface area (Å²) in [6.07, 6.45) is 0. The Labute approximate surface area is 118 Å². The first kappa shape index (κ1) is 15.0. The Morgan fingerprint density at radius 1 is 1.20 bits per heavy atom. The lowest BCUT2D eigenvalue weighted by Gasteiger charge is -2.28. The molecule has 1 aromatic rings. The zero-order valence-electron chi connectivity index (χ0n) is 11.9. The van der Waals surface area contributed by atoms with Crippen LogP contribution in [-0.2, 0) is 11.3 Å². The van der Waals surface area contributed by atoms with Crippen LogP contribution in [0.4, 0.5) is 4.39 Å². The predicted molar refractivity (Wildman–Crippen MR) is 73.6 cm³/mol. The van der Waals surface area contributed by atoms with Gasteiger partial charge in [0.05, 0.1) is 7.11 Å². The Morgan fingerprint density at radius 3 is 2.55 bits per heavy atom. The van der Waals surface area contributed by atoms with E-state index in [1.54, 1.807) is 19.2 Å². The standard InChI is InChI=1S/C14H21FN2O3/c1-18-10-20-13-4-3-12(19-2)11(14(13)15)9-17-7-5-16-6-8-17/h3-4,16H,5-10H2,1-2H3. The highest BCUT2D eigenvalue weighted by molar-refractivity contribution is 5.42. The molecule has 1 N–H and O–H groups in total. The first-order valence-electron chi connectivity index (χ1n) is 6.66. The van der Waals surface area contributed by atoms with Crippen molar-refractivity contribution >= 4 is 0 Å². The van der Waals surface area contributed by atoms with Crippen molar-refractivity contribution in [3.05, 3.63) is 23.5 Å². The minimum absolute atomic E-state index is 0.0241. The van der Waals surface area contributed by atoms with Crippen molar-refractivity contribution in [3.63, 3.8) is 0 Å². The predicted octanol–water partition coefficient (Wildman–Crippen LogP) is 1.22. The Morgan fingerprint density at radius 2 is 1.90 bits per heavy atom. The van der Waals surface area contributed by atoms with Crippen molar-refractivity contribution in [2.24, 2.45) is 0 Å². The van der Waals surface area contributed by atoms with Crippen molar-refractivity contribution in [2.75, 3.05) is 47.2 Å². The number of methoxy groups -OCH3 is 2. The van der Waals surface area contributed by atoms with Gasteiger partial charge in [-0.15, -0.1) is 0 Å². The van der Waals surface area contributed by atoms with Gasteiger partial charge in [0, 0.05) is 45.4 Å². The van der Waals surface area contributed by atoms with Crippen molar-refractivity contribution < 1.29 is 18.6 Å². The summed E-state index contributed by atoms with van der Waals surface area (Å²) < 4.78 is 29.8. The normalized spacial score (nSPS) is 16.1. The molecule has 1 fully saturated rings. The van der Waals surface area contributed by atoms with E-state index >= 15 is 0 Å². The highest BCUT2D eigenvalue weighted by Gasteiger charge is 2.19. The number of hydrogen-bond acceptors (Lipinski definition) is 5. The van der Waals surface area contributed by atoms with E-state index in [4.69, 9.17) is 14.2 Å². The Bertz CT molecular complexity index is 437. The van der Waals surface area contributed by atoms with E-state index in [9.17, 15) is 4.39 Å². The molecule has 2 rings (SSSR count). The van der Waals surface area contributed by atoms with Crippen LogP contribution in [-0.4, -0.2) is 52.1 Å². The number of piperazine rings is 1. The average molecular weight is 284 g/mol. The van der Waals surface area contributed by atoms with Crippen LogP contribution in [0.25, 0.3) is 0 Å². The second kappa shape index (κ2) is 7.42. The van der Waals surface area contributed by atoms with Crippen molar-refractivity contribution in [1.82, 2.24) is 10.2 Å². The third-order valence-corrected chi connectivity index (χ3v) is 3.31. The van der Waals surface area contributed by atoms with Crippen LogP contribution in [0.1, 0.15) is 5.56 Å². The number of ether oxygens (including phenoxy) is 3. The van der Waals surface area contributed by atoms with E-state index in [0.29, 0.717) is 17.9 Å². The van der Waals surface area contributed by atoms with Crippen LogP contribution in [0, 0.1) is 5.82 Å². The molecule has 0 aromatic heterocycles. The van der Waals surface area contributed by atoms with E-state index in [2.05, 4.69) is 10.2 Å². The van der Waals surface area contributed by atoms with Crippen molar-refractivity contribution in [3.8, 4) is 11.5 Å². The Balaban J connectivity index is 2.18. The summed E-state index contributed by atoms with van der Waals surface area (Å²) in [4.78, 5) is 2.19. The van der Waals surface area contributed by atoms with Crippen LogP contribution < -0.4 is 14.8 Å². The summed E-state index contributed by atoms with van der Waals surface area (Å²) in [6, 6.07) is 3.29. The molecule has 1 heterocycles. The Hall–Kier alpha value is -1.37. The first-order chi connectivity index (χ1) is 9.76. The summed E-state index contributed by atoms with van der Waals surface area (Å²) in [5, 5.41) is 3.28. The molecule has 0 amide bonds. The van der Waals surface area contributed by atoms with Gasteiger partial charge in [-0.25, -0.2) is 4.39 Å². The molecule has 6 heteroatoms. The summed E-state index contributed by atoms with van der Waals surface area (Å²) in [5.74, 6) is 0.364. The molecule has 1 aromatic carbocycles. The maximum absolute atomic E-state index is 14.5. The second-order valence-corrected chi connectivity index (χ2v) is 4.64. The molecule has 0 unspecified atom stereocenters. The fourth-order valence-corrected chi connectivity index (χ4v) is 2.25. The van der Waals surface area contributed by atoms with Gasteiger partial charge in [-0.05, 0) is 12.1 Å². The molecular formula is C14H21FN2O3. The van der Waals surface area contributed by atoms with Gasteiger partial charge in [0.25, 0.3) is 0 Å². The third kappa shape index (κ3) is 3.59. The molecule has 112 valence electrons. The number of benzene rings is 1. The minimum atomic E-state index is -0.375. The summed E-state index contributed by atoms with van der Waals surface area (Å²) in [7, 11) is 3.05. The lowest BCUT2D eigenvalue weighted by atomic mass is 10.1. The highest BCUT2D eigenvalue weighted by Crippen LogP contribution is 2.30. The van der Waals surface area contributed by atoms with Crippen LogP contribution in [0.2, 0.25) is 0 Å². The highest BCUT2D eigenvalue weighted by atomic mass is 19.1. The molecule has 1 aliphatic heterocycles. The first-order valence-corrected chi connectivity index (χ1v) is 6.66. The third-order valence-electron chi connectivity index (χ3n) is 3.31. The molecular weight excluding hydrogens is 263 g/mol. The van der Waals surface area contributed by atoms with Gasteiger partial charge in [-0.1, -0.05) is 0 Å². The zero-order chi connectivity index (χ0) is 14.4. The lowest BCUT2D eigenvalue weighted by molar-refractivity contribution is 0.0479. The molecule has 0 saturated carbocycles. The maximum Gasteiger partial charge on any atom is 0.188 e. The van der Waals surface area contributed by atoms with Gasteiger partial charge in [0.2, 0.25) is 0 Å². The molecule has 20 heavy (non-hydrogen) atoms. The van der Waals surface area contributed by atoms with Crippen LogP contribution in [0.5, 0.6) is 11.5 Å². The topological polar surface area (TPSA) is 43.0 Å². The van der Waals surface area contributed by atoms with E-state index < -0.39 is 0 Å². The molecule has 0 aliphatic carbocycles. The molecule has 5 nitrogen and oxygen atoms in total. The SMILES string of the molecule is COCOc1ccc(OC)c(CN2CCNCC2)c1F. The van der Waals surface area contributed by atoms with Gasteiger partial charge in [0.1, 0.15) is 5.75 Å². The van der Waals surface area contributed by atoms with Crippen LogP contribution >= 0.6 is 0 Å². The average Bonchev–Trinajstić information content (AvgIpc) is 2.49. The fraction of sp³-hybridized carbons (Fsp3) is 0.571. The lowest BCUT2D eigenvalue weighted by Crippen LogP contribution is -2.43. The molecule has 0 bridgehead atoms. The van der Waals surface area contributed by atoms with Crippen LogP contribution in [0.15, 0.2) is 12.1 Å². The smallest absolute Gasteiger partial charge is 0.188 e. The van der Waals surface area contributed by atoms with E-state index in [-0.39, 0.29) is 18.4 Å². The summed E-state index contributed by atoms with van der Waals surface area (Å²) in [6.45, 7) is 4.17. The van der Waals surface area contributed by atoms with Gasteiger partial charge in [0.15, 0.2) is 18.4 Å². The van der Waals surface area contributed by atoms with Gasteiger partial charge in [-0.2, -0.15) is 0 Å². The van der Waals surface area contributed by atoms with E-state index in [0.717, 1.165) is 26.2 Å². The van der Waals surface area contributed by atoms with E-state index in [1.165, 1.54) is 7.11 Å². The Kier molecular flexibility index (Phi) is 5.58. The van der Waals surface area contributed by atoms with E-state index in [1.807, 2.05) is 0 Å². The van der Waals surface area contributed by atoms with Gasteiger partial charge < -0.3 is 19.5 Å². The molecule has 1 saturated heterocycles. The van der Waals surface area contributed by atoms with Gasteiger partial charge >= 0.3 is 0 Å². The largest absolute Gasteiger partial charge is 0.496 e. The molecule has 0 spiro atoms. The summed E-state index contributed by atoms with van der Waals surface area (Å²) in [5.41, 5.74) is 0.531. The van der Waals surface area contributed by atoms with Gasteiger partial charge in [-0.3, -0.25) is 4.90 Å². The second-order valence-electron chi connectivity index (χ2n) is 4.64. The number of rotatable bonds is 6. The minimum Gasteiger partial charge on any atom is -0.496 e.